The summed E-state index contributed by atoms with van der Waals surface area (Å²) >= 11 is 0. The van der Waals surface area contributed by atoms with Crippen molar-refractivity contribution in [1.82, 2.24) is 5.32 Å². The Hall–Kier alpha value is -1.51. The SMILES string of the molecule is COc1ccc([C@@H](NC(=O)[C@@H]2C[C@H]3CC[C@H]2C3)C(C)C)cc1. The number of carbonyl (C=O) groups excluding carboxylic acids is 1. The fourth-order valence-corrected chi connectivity index (χ4v) is 4.27. The van der Waals surface area contributed by atoms with Gasteiger partial charge in [0.25, 0.3) is 0 Å². The van der Waals surface area contributed by atoms with E-state index in [1.54, 1.807) is 7.11 Å². The van der Waals surface area contributed by atoms with Gasteiger partial charge in [-0.1, -0.05) is 32.4 Å². The summed E-state index contributed by atoms with van der Waals surface area (Å²) in [6.45, 7) is 4.33. The molecule has 2 fully saturated rings. The minimum atomic E-state index is 0.0810. The Morgan fingerprint density at radius 1 is 1.18 bits per heavy atom. The molecule has 2 bridgehead atoms. The maximum atomic E-state index is 12.7. The molecule has 0 heterocycles. The highest BCUT2D eigenvalue weighted by atomic mass is 16.5. The molecule has 1 N–H and O–H groups in total. The van der Waals surface area contributed by atoms with Gasteiger partial charge in [-0.25, -0.2) is 0 Å². The van der Waals surface area contributed by atoms with Crippen LogP contribution in [0.2, 0.25) is 0 Å². The van der Waals surface area contributed by atoms with Crippen LogP contribution in [0, 0.1) is 23.7 Å². The number of methoxy groups -OCH3 is 1. The smallest absolute Gasteiger partial charge is 0.223 e. The molecule has 3 rings (SSSR count). The average molecular weight is 301 g/mol. The van der Waals surface area contributed by atoms with Crippen LogP contribution in [0.3, 0.4) is 0 Å². The third-order valence-electron chi connectivity index (χ3n) is 5.51. The summed E-state index contributed by atoms with van der Waals surface area (Å²) in [5.74, 6) is 3.18. The first-order chi connectivity index (χ1) is 10.6. The molecule has 0 aliphatic heterocycles. The average Bonchev–Trinajstić information content (AvgIpc) is 3.15. The maximum absolute atomic E-state index is 12.7. The standard InChI is InChI=1S/C19H27NO2/c1-12(2)18(14-6-8-16(22-3)9-7-14)20-19(21)17-11-13-4-5-15(17)10-13/h6-9,12-13,15,17-18H,4-5,10-11H2,1-3H3,(H,20,21)/t13-,15-,17+,18-/m0/s1. The Bertz CT molecular complexity index is 523. The molecule has 120 valence electrons. The molecular formula is C19H27NO2. The largest absolute Gasteiger partial charge is 0.497 e. The first kappa shape index (κ1) is 15.4. The summed E-state index contributed by atoms with van der Waals surface area (Å²) in [7, 11) is 1.67. The van der Waals surface area contributed by atoms with Crippen molar-refractivity contribution >= 4 is 5.91 Å². The molecule has 22 heavy (non-hydrogen) atoms. The van der Waals surface area contributed by atoms with E-state index in [4.69, 9.17) is 4.74 Å². The van der Waals surface area contributed by atoms with Crippen LogP contribution < -0.4 is 10.1 Å². The number of hydrogen-bond acceptors (Lipinski definition) is 2. The number of benzene rings is 1. The molecule has 0 saturated heterocycles. The fraction of sp³-hybridized carbons (Fsp3) is 0.632. The Morgan fingerprint density at radius 2 is 1.91 bits per heavy atom. The molecule has 2 saturated carbocycles. The zero-order chi connectivity index (χ0) is 15.7. The van der Waals surface area contributed by atoms with E-state index in [-0.39, 0.29) is 17.9 Å². The summed E-state index contributed by atoms with van der Waals surface area (Å²) in [5, 5.41) is 3.32. The van der Waals surface area contributed by atoms with Crippen LogP contribution in [0.5, 0.6) is 5.75 Å². The van der Waals surface area contributed by atoms with Crippen molar-refractivity contribution < 1.29 is 9.53 Å². The first-order valence-corrected chi connectivity index (χ1v) is 8.52. The van der Waals surface area contributed by atoms with Crippen LogP contribution >= 0.6 is 0 Å². The van der Waals surface area contributed by atoms with Gasteiger partial charge < -0.3 is 10.1 Å². The summed E-state index contributed by atoms with van der Waals surface area (Å²) in [5.41, 5.74) is 1.16. The Morgan fingerprint density at radius 3 is 2.41 bits per heavy atom. The molecular weight excluding hydrogens is 274 g/mol. The van der Waals surface area contributed by atoms with Crippen LogP contribution in [0.4, 0.5) is 0 Å². The molecule has 2 aliphatic carbocycles. The molecule has 1 amide bonds. The normalized spacial score (nSPS) is 27.9. The number of ether oxygens (including phenoxy) is 1. The van der Waals surface area contributed by atoms with Crippen molar-refractivity contribution in [2.75, 3.05) is 7.11 Å². The van der Waals surface area contributed by atoms with E-state index in [0.717, 1.165) is 23.7 Å². The molecule has 0 radical (unpaired) electrons. The second-order valence-corrected chi connectivity index (χ2v) is 7.28. The highest BCUT2D eigenvalue weighted by Gasteiger charge is 2.43. The van der Waals surface area contributed by atoms with Gasteiger partial charge >= 0.3 is 0 Å². The van der Waals surface area contributed by atoms with Crippen molar-refractivity contribution in [2.24, 2.45) is 23.7 Å². The monoisotopic (exact) mass is 301 g/mol. The fourth-order valence-electron chi connectivity index (χ4n) is 4.27. The summed E-state index contributed by atoms with van der Waals surface area (Å²) in [6, 6.07) is 8.13. The Labute approximate surface area is 133 Å². The quantitative estimate of drug-likeness (QED) is 0.894. The number of nitrogens with one attached hydrogen (secondary N) is 1. The van der Waals surface area contributed by atoms with E-state index in [1.807, 2.05) is 12.1 Å². The van der Waals surface area contributed by atoms with Crippen LogP contribution in [0.25, 0.3) is 0 Å². The predicted molar refractivity (Wildman–Crippen MR) is 87.7 cm³/mol. The van der Waals surface area contributed by atoms with Crippen LogP contribution in [0.1, 0.15) is 51.1 Å². The zero-order valence-electron chi connectivity index (χ0n) is 13.8. The van der Waals surface area contributed by atoms with Crippen molar-refractivity contribution in [3.05, 3.63) is 29.8 Å². The minimum absolute atomic E-state index is 0.0810. The topological polar surface area (TPSA) is 38.3 Å². The van der Waals surface area contributed by atoms with Crippen molar-refractivity contribution in [3.63, 3.8) is 0 Å². The third-order valence-corrected chi connectivity index (χ3v) is 5.51. The molecule has 0 spiro atoms. The number of carbonyl (C=O) groups is 1. The van der Waals surface area contributed by atoms with Crippen LogP contribution in [0.15, 0.2) is 24.3 Å². The van der Waals surface area contributed by atoms with Crippen molar-refractivity contribution in [1.29, 1.82) is 0 Å². The zero-order valence-corrected chi connectivity index (χ0v) is 13.8. The van der Waals surface area contributed by atoms with Crippen LogP contribution in [-0.2, 0) is 4.79 Å². The first-order valence-electron chi connectivity index (χ1n) is 8.52. The molecule has 4 atom stereocenters. The summed E-state index contributed by atoms with van der Waals surface area (Å²) in [4.78, 5) is 12.7. The molecule has 0 aromatic heterocycles. The van der Waals surface area contributed by atoms with E-state index in [0.29, 0.717) is 11.8 Å². The molecule has 1 aromatic rings. The van der Waals surface area contributed by atoms with Crippen molar-refractivity contribution in [3.8, 4) is 5.75 Å². The second-order valence-electron chi connectivity index (χ2n) is 7.28. The number of fused-ring (bicyclic) bond motifs is 2. The highest BCUT2D eigenvalue weighted by molar-refractivity contribution is 5.80. The lowest BCUT2D eigenvalue weighted by molar-refractivity contribution is -0.127. The van der Waals surface area contributed by atoms with E-state index in [9.17, 15) is 4.79 Å². The van der Waals surface area contributed by atoms with E-state index >= 15 is 0 Å². The van der Waals surface area contributed by atoms with Gasteiger partial charge in [0.05, 0.1) is 13.2 Å². The lowest BCUT2D eigenvalue weighted by Gasteiger charge is -2.27. The third kappa shape index (κ3) is 2.99. The van der Waals surface area contributed by atoms with Gasteiger partial charge in [0, 0.05) is 5.92 Å². The van der Waals surface area contributed by atoms with Gasteiger partial charge in [-0.15, -0.1) is 0 Å². The van der Waals surface area contributed by atoms with Gasteiger partial charge in [-0.2, -0.15) is 0 Å². The maximum Gasteiger partial charge on any atom is 0.223 e. The molecule has 0 unspecified atom stereocenters. The number of rotatable bonds is 5. The van der Waals surface area contributed by atoms with Gasteiger partial charge in [0.2, 0.25) is 5.91 Å². The molecule has 1 aromatic carbocycles. The Kier molecular flexibility index (Phi) is 4.42. The highest BCUT2D eigenvalue weighted by Crippen LogP contribution is 2.48. The molecule has 2 aliphatic rings. The van der Waals surface area contributed by atoms with E-state index < -0.39 is 0 Å². The van der Waals surface area contributed by atoms with Crippen LogP contribution in [-0.4, -0.2) is 13.0 Å². The minimum Gasteiger partial charge on any atom is -0.497 e. The summed E-state index contributed by atoms with van der Waals surface area (Å²) < 4.78 is 5.22. The summed E-state index contributed by atoms with van der Waals surface area (Å²) in [6.07, 6.45) is 4.95. The lowest BCUT2D eigenvalue weighted by Crippen LogP contribution is -2.38. The predicted octanol–water partition coefficient (Wildman–Crippen LogP) is 3.94. The number of amides is 1. The molecule has 3 heteroatoms. The lowest BCUT2D eigenvalue weighted by atomic mass is 9.87. The Balaban J connectivity index is 1.69. The van der Waals surface area contributed by atoms with Gasteiger partial charge in [-0.05, 0) is 54.7 Å². The second kappa shape index (κ2) is 6.31. The van der Waals surface area contributed by atoms with Gasteiger partial charge in [0.1, 0.15) is 5.75 Å². The van der Waals surface area contributed by atoms with E-state index in [1.165, 1.54) is 19.3 Å². The van der Waals surface area contributed by atoms with Gasteiger partial charge in [0.15, 0.2) is 0 Å². The van der Waals surface area contributed by atoms with Crippen molar-refractivity contribution in [2.45, 2.75) is 45.6 Å². The molecule has 3 nitrogen and oxygen atoms in total. The van der Waals surface area contributed by atoms with E-state index in [2.05, 4.69) is 31.3 Å². The van der Waals surface area contributed by atoms with Gasteiger partial charge in [-0.3, -0.25) is 4.79 Å². The number of hydrogen-bond donors (Lipinski definition) is 1.